The van der Waals surface area contributed by atoms with E-state index >= 15 is 0 Å². The van der Waals surface area contributed by atoms with E-state index < -0.39 is 34.6 Å². The lowest BCUT2D eigenvalue weighted by molar-refractivity contribution is -0.149. The van der Waals surface area contributed by atoms with Crippen LogP contribution in [0.25, 0.3) is 11.3 Å². The fourth-order valence-electron chi connectivity index (χ4n) is 12.1. The molecule has 6 aliphatic carbocycles. The van der Waals surface area contributed by atoms with E-state index in [-0.39, 0.29) is 52.3 Å². The summed E-state index contributed by atoms with van der Waals surface area (Å²) in [4.78, 5) is 31.6. The highest BCUT2D eigenvalue weighted by Gasteiger charge is 2.59. The van der Waals surface area contributed by atoms with Crippen molar-refractivity contribution in [2.75, 3.05) is 27.3 Å². The van der Waals surface area contributed by atoms with Crippen LogP contribution < -0.4 is 9.47 Å². The van der Waals surface area contributed by atoms with Crippen molar-refractivity contribution < 1.29 is 46.9 Å². The number of nitrogens with zero attached hydrogens (tertiary/aromatic N) is 1. The van der Waals surface area contributed by atoms with Gasteiger partial charge in [-0.15, -0.1) is 0 Å². The second-order valence-corrected chi connectivity index (χ2v) is 20.9. The van der Waals surface area contributed by atoms with Gasteiger partial charge in [-0.2, -0.15) is 13.2 Å². The number of furan rings is 1. The molecule has 2 N–H and O–H groups in total. The molecule has 0 saturated heterocycles. The maximum absolute atomic E-state index is 14.9. The molecule has 354 valence electrons. The molecular weight excluding hydrogens is 867 g/mol. The third-order valence-electron chi connectivity index (χ3n) is 16.4. The van der Waals surface area contributed by atoms with Gasteiger partial charge in [-0.3, -0.25) is 9.59 Å². The zero-order chi connectivity index (χ0) is 47.3. The Bertz CT molecular complexity index is 2490. The lowest BCUT2D eigenvalue weighted by Gasteiger charge is -2.61. The molecule has 4 fully saturated rings. The van der Waals surface area contributed by atoms with Crippen LogP contribution in [0.5, 0.6) is 11.5 Å². The number of aliphatic hydroxyl groups is 2. The number of alkyl halides is 3. The number of allylic oxidation sites excluding steroid dienone is 2. The average molecular weight is 931 g/mol. The van der Waals surface area contributed by atoms with Crippen molar-refractivity contribution >= 4 is 23.3 Å². The minimum atomic E-state index is -4.61. The average Bonchev–Trinajstić information content (AvgIpc) is 3.87. The van der Waals surface area contributed by atoms with Gasteiger partial charge in [-0.1, -0.05) is 62.2 Å². The van der Waals surface area contributed by atoms with Crippen LogP contribution in [-0.2, 0) is 23.8 Å². The van der Waals surface area contributed by atoms with Gasteiger partial charge in [0.05, 0.1) is 42.9 Å². The van der Waals surface area contributed by atoms with Crippen LogP contribution in [0.1, 0.15) is 130 Å². The SMILES string of the molecule is COc1ccc(CC(=O)N(CC2CCC3CC2C3(C)C)CC2(O)CCC3c4ccc(cc4C(=O)c4ccc(-c5cc(C(F)(F)F)ccc5Cl)o4)CC(O)CCC(C)=CCCC32C)cc1OC. The molecular formula is C54H63ClF3NO7. The monoisotopic (exact) mass is 929 g/mol. The number of hydrogen-bond donors (Lipinski definition) is 2. The van der Waals surface area contributed by atoms with E-state index in [9.17, 15) is 33.0 Å². The summed E-state index contributed by atoms with van der Waals surface area (Å²) < 4.78 is 58.3. The number of benzene rings is 3. The molecule has 1 amide bonds. The normalized spacial score (nSPS) is 27.3. The Morgan fingerprint density at radius 3 is 2.41 bits per heavy atom. The zero-order valence-electron chi connectivity index (χ0n) is 38.9. The fourth-order valence-corrected chi connectivity index (χ4v) is 12.3. The standard InChI is InChI=1S/C54H63ClF3NO7/c1-32-8-7-22-52(4)42(21-23-53(52,63)31-59(30-35-12-13-36-29-43(35)51(36,2)3)49(61)27-34-11-18-46(64-5)48(26-34)65-6)39-16-10-33(24-38(60)15-9-32)25-40(39)50(62)47-20-19-45(66-47)41-28-37(54(56,57)58)14-17-44(41)55/h8,10-11,14,16-20,25-26,28,35-36,38,42-43,60,63H,7,9,12-13,15,21-24,27,29-31H2,1-6H3. The Kier molecular flexibility index (Phi) is 13.4. The Morgan fingerprint density at radius 1 is 0.924 bits per heavy atom. The topological polar surface area (TPSA) is 109 Å². The summed E-state index contributed by atoms with van der Waals surface area (Å²) in [5.74, 6) is 1.62. The van der Waals surface area contributed by atoms with Crippen molar-refractivity contribution in [2.24, 2.45) is 28.6 Å². The van der Waals surface area contributed by atoms with Crippen LogP contribution >= 0.6 is 11.6 Å². The highest BCUT2D eigenvalue weighted by molar-refractivity contribution is 6.33. The fraction of sp³-hybridized carbons (Fsp3) is 0.519. The van der Waals surface area contributed by atoms with E-state index in [1.165, 1.54) is 12.1 Å². The molecule has 0 aliphatic heterocycles. The van der Waals surface area contributed by atoms with Crippen molar-refractivity contribution in [3.8, 4) is 22.8 Å². The molecule has 10 rings (SSSR count). The lowest BCUT2D eigenvalue weighted by Crippen LogP contribution is -2.58. The number of carbonyl (C=O) groups is 2. The second-order valence-electron chi connectivity index (χ2n) is 20.5. The van der Waals surface area contributed by atoms with Gasteiger partial charge in [0.1, 0.15) is 5.76 Å². The van der Waals surface area contributed by atoms with Crippen molar-refractivity contribution in [1.29, 1.82) is 0 Å². The number of halogens is 4. The van der Waals surface area contributed by atoms with Crippen LogP contribution in [0, 0.1) is 28.6 Å². The number of fused-ring (bicyclic) bond motifs is 10. The summed E-state index contributed by atoms with van der Waals surface area (Å²) in [7, 11) is 3.14. The molecule has 8 nitrogen and oxygen atoms in total. The van der Waals surface area contributed by atoms with E-state index in [0.717, 1.165) is 54.2 Å². The van der Waals surface area contributed by atoms with Crippen molar-refractivity contribution in [2.45, 2.75) is 122 Å². The van der Waals surface area contributed by atoms with Gasteiger partial charge in [-0.05, 0) is 165 Å². The Balaban J connectivity index is 1.17. The Hall–Kier alpha value is -4.58. The van der Waals surface area contributed by atoms with Gasteiger partial charge < -0.3 is 29.0 Å². The molecule has 4 aromatic rings. The van der Waals surface area contributed by atoms with Crippen LogP contribution in [-0.4, -0.2) is 65.8 Å². The molecule has 12 heteroatoms. The van der Waals surface area contributed by atoms with Gasteiger partial charge in [0.25, 0.3) is 0 Å². The molecule has 1 aromatic heterocycles. The summed E-state index contributed by atoms with van der Waals surface area (Å²) in [5.41, 5.74) is 0.835. The molecule has 4 bridgehead atoms. The van der Waals surface area contributed by atoms with Crippen molar-refractivity contribution in [3.05, 3.63) is 117 Å². The van der Waals surface area contributed by atoms with Gasteiger partial charge in [0.2, 0.25) is 11.7 Å². The summed E-state index contributed by atoms with van der Waals surface area (Å²) in [5, 5.41) is 24.6. The molecule has 3 aromatic carbocycles. The number of aliphatic hydroxyl groups excluding tert-OH is 1. The molecule has 4 saturated carbocycles. The number of methoxy groups -OCH3 is 2. The predicted octanol–water partition coefficient (Wildman–Crippen LogP) is 12.0. The summed E-state index contributed by atoms with van der Waals surface area (Å²) >= 11 is 6.39. The van der Waals surface area contributed by atoms with Crippen LogP contribution in [0.15, 0.2) is 82.8 Å². The van der Waals surface area contributed by atoms with Gasteiger partial charge in [0, 0.05) is 29.6 Å². The predicted molar refractivity (Wildman–Crippen MR) is 249 cm³/mol. The lowest BCUT2D eigenvalue weighted by atomic mass is 9.45. The van der Waals surface area contributed by atoms with E-state index in [0.29, 0.717) is 91.9 Å². The Morgan fingerprint density at radius 2 is 1.70 bits per heavy atom. The van der Waals surface area contributed by atoms with E-state index in [1.54, 1.807) is 26.4 Å². The van der Waals surface area contributed by atoms with Crippen LogP contribution in [0.2, 0.25) is 5.02 Å². The highest BCUT2D eigenvalue weighted by atomic mass is 35.5. The highest BCUT2D eigenvalue weighted by Crippen LogP contribution is 2.62. The number of hydrogen-bond acceptors (Lipinski definition) is 7. The molecule has 7 atom stereocenters. The van der Waals surface area contributed by atoms with Crippen LogP contribution in [0.3, 0.4) is 0 Å². The second kappa shape index (κ2) is 18.5. The summed E-state index contributed by atoms with van der Waals surface area (Å²) in [6.45, 7) is 9.52. The first kappa shape index (κ1) is 47.9. The minimum absolute atomic E-state index is 0.00743. The van der Waals surface area contributed by atoms with Gasteiger partial charge in [0.15, 0.2) is 17.3 Å². The smallest absolute Gasteiger partial charge is 0.416 e. The molecule has 66 heavy (non-hydrogen) atoms. The minimum Gasteiger partial charge on any atom is -0.493 e. The number of rotatable bonds is 11. The largest absolute Gasteiger partial charge is 0.493 e. The first-order valence-corrected chi connectivity index (χ1v) is 23.8. The molecule has 1 heterocycles. The van der Waals surface area contributed by atoms with E-state index in [2.05, 4.69) is 33.8 Å². The molecule has 0 radical (unpaired) electrons. The first-order valence-electron chi connectivity index (χ1n) is 23.4. The van der Waals surface area contributed by atoms with Crippen molar-refractivity contribution in [3.63, 3.8) is 0 Å². The van der Waals surface area contributed by atoms with E-state index in [4.69, 9.17) is 25.5 Å². The molecule has 7 unspecified atom stereocenters. The van der Waals surface area contributed by atoms with Gasteiger partial charge in [-0.25, -0.2) is 0 Å². The maximum Gasteiger partial charge on any atom is 0.416 e. The number of carbonyl (C=O) groups excluding carboxylic acids is 2. The molecule has 6 aliphatic rings. The zero-order valence-corrected chi connectivity index (χ0v) is 39.7. The quantitative estimate of drug-likeness (QED) is 0.114. The Labute approximate surface area is 391 Å². The summed E-state index contributed by atoms with van der Waals surface area (Å²) in [6, 6.07) is 17.1. The molecule has 0 spiro atoms. The van der Waals surface area contributed by atoms with Crippen molar-refractivity contribution in [1.82, 2.24) is 4.90 Å². The summed E-state index contributed by atoms with van der Waals surface area (Å²) in [6.07, 6.45) is 3.94. The number of amides is 1. The number of ether oxygens (including phenoxy) is 2. The third kappa shape index (κ3) is 9.21. The maximum atomic E-state index is 14.9. The van der Waals surface area contributed by atoms with E-state index in [1.807, 2.05) is 29.2 Å². The van der Waals surface area contributed by atoms with Gasteiger partial charge >= 0.3 is 6.18 Å². The van der Waals surface area contributed by atoms with Crippen LogP contribution in [0.4, 0.5) is 13.2 Å². The third-order valence-corrected chi connectivity index (χ3v) is 16.7. The number of ketones is 1. The first-order chi connectivity index (χ1) is 31.2.